The van der Waals surface area contributed by atoms with Gasteiger partial charge in [-0.1, -0.05) is 26.2 Å². The van der Waals surface area contributed by atoms with E-state index in [4.69, 9.17) is 4.74 Å². The minimum atomic E-state index is -3.40. The Kier molecular flexibility index (Phi) is 4.42. The molecule has 132 valence electrons. The molecule has 3 rings (SSSR count). The van der Waals surface area contributed by atoms with Crippen molar-refractivity contribution in [2.24, 2.45) is 5.41 Å². The fourth-order valence-corrected chi connectivity index (χ4v) is 3.68. The van der Waals surface area contributed by atoms with E-state index < -0.39 is 10.0 Å². The van der Waals surface area contributed by atoms with Crippen molar-refractivity contribution in [2.45, 2.75) is 46.0 Å². The topological polar surface area (TPSA) is 85.6 Å². The van der Waals surface area contributed by atoms with Gasteiger partial charge in [0.2, 0.25) is 16.0 Å². The zero-order valence-corrected chi connectivity index (χ0v) is 15.2. The number of nitrogens with zero attached hydrogens (tertiary/aromatic N) is 3. The third kappa shape index (κ3) is 3.80. The van der Waals surface area contributed by atoms with Crippen molar-refractivity contribution in [3.63, 3.8) is 0 Å². The van der Waals surface area contributed by atoms with E-state index in [2.05, 4.69) is 21.8 Å². The smallest absolute Gasteiger partial charge is 0.242 e. The maximum atomic E-state index is 11.4. The lowest BCUT2D eigenvalue weighted by Gasteiger charge is -2.33. The van der Waals surface area contributed by atoms with Gasteiger partial charge in [-0.05, 0) is 19.8 Å². The molecule has 1 saturated carbocycles. The lowest BCUT2D eigenvalue weighted by Crippen LogP contribution is -2.27. The number of fused-ring (bicyclic) bond motifs is 1. The maximum absolute atomic E-state index is 11.4. The summed E-state index contributed by atoms with van der Waals surface area (Å²) < 4.78 is 32.8. The molecule has 1 fully saturated rings. The van der Waals surface area contributed by atoms with Crippen LogP contribution in [0.4, 0.5) is 5.95 Å². The van der Waals surface area contributed by atoms with E-state index >= 15 is 0 Å². The van der Waals surface area contributed by atoms with E-state index in [1.807, 2.05) is 13.0 Å². The van der Waals surface area contributed by atoms with Gasteiger partial charge in [-0.25, -0.2) is 8.42 Å². The number of aromatic nitrogens is 3. The Labute approximate surface area is 142 Å². The Morgan fingerprint density at radius 2 is 2.00 bits per heavy atom. The average molecular weight is 352 g/mol. The molecule has 0 aromatic carbocycles. The van der Waals surface area contributed by atoms with E-state index in [-0.39, 0.29) is 11.4 Å². The van der Waals surface area contributed by atoms with Crippen molar-refractivity contribution >= 4 is 21.6 Å². The standard InChI is InChI=1S/C16H24N4O3S/c1-12-10-20-14(17-18-15(20)19-24(3,21)22)9-13(12)23-11-16(2)7-5-4-6-8-16/h9-10H,4-8,11H2,1-3H3,(H,18,19). The zero-order chi connectivity index (χ0) is 17.4. The molecule has 1 N–H and O–H groups in total. The van der Waals surface area contributed by atoms with Crippen LogP contribution in [0.5, 0.6) is 5.75 Å². The number of ether oxygens (including phenoxy) is 1. The van der Waals surface area contributed by atoms with Crippen molar-refractivity contribution in [3.8, 4) is 5.75 Å². The van der Waals surface area contributed by atoms with Crippen molar-refractivity contribution in [2.75, 3.05) is 17.6 Å². The highest BCUT2D eigenvalue weighted by Crippen LogP contribution is 2.36. The van der Waals surface area contributed by atoms with Gasteiger partial charge < -0.3 is 4.74 Å². The molecule has 2 heterocycles. The molecule has 0 aliphatic heterocycles. The van der Waals surface area contributed by atoms with E-state index in [0.717, 1.165) is 17.6 Å². The molecule has 24 heavy (non-hydrogen) atoms. The molecule has 0 spiro atoms. The SMILES string of the molecule is Cc1cn2c(NS(C)(=O)=O)nnc2cc1OCC1(C)CCCCC1. The van der Waals surface area contributed by atoms with Crippen molar-refractivity contribution in [3.05, 3.63) is 17.8 Å². The van der Waals surface area contributed by atoms with Crippen LogP contribution in [0.3, 0.4) is 0 Å². The van der Waals surface area contributed by atoms with Crippen molar-refractivity contribution in [1.82, 2.24) is 14.6 Å². The predicted molar refractivity (Wildman–Crippen MR) is 92.9 cm³/mol. The molecule has 0 atom stereocenters. The summed E-state index contributed by atoms with van der Waals surface area (Å²) in [4.78, 5) is 0. The molecule has 2 aromatic rings. The van der Waals surface area contributed by atoms with Gasteiger partial charge in [0.15, 0.2) is 5.65 Å². The van der Waals surface area contributed by atoms with Crippen LogP contribution in [0, 0.1) is 12.3 Å². The van der Waals surface area contributed by atoms with Crippen LogP contribution in [0.1, 0.15) is 44.6 Å². The summed E-state index contributed by atoms with van der Waals surface area (Å²) in [5.74, 6) is 0.953. The summed E-state index contributed by atoms with van der Waals surface area (Å²) in [7, 11) is -3.40. The van der Waals surface area contributed by atoms with Gasteiger partial charge in [-0.2, -0.15) is 0 Å². The van der Waals surface area contributed by atoms with Crippen LogP contribution in [0.2, 0.25) is 0 Å². The molecule has 0 saturated heterocycles. The van der Waals surface area contributed by atoms with Crippen LogP contribution in [-0.4, -0.2) is 35.9 Å². The molecule has 7 nitrogen and oxygen atoms in total. The molecular weight excluding hydrogens is 328 g/mol. The number of aryl methyl sites for hydroxylation is 1. The van der Waals surface area contributed by atoms with Crippen LogP contribution in [0.25, 0.3) is 5.65 Å². The molecule has 0 bridgehead atoms. The Morgan fingerprint density at radius 3 is 2.67 bits per heavy atom. The number of rotatable bonds is 5. The number of pyridine rings is 1. The number of anilines is 1. The summed E-state index contributed by atoms with van der Waals surface area (Å²) in [5.41, 5.74) is 1.70. The monoisotopic (exact) mass is 352 g/mol. The molecule has 8 heteroatoms. The molecule has 0 unspecified atom stereocenters. The first-order chi connectivity index (χ1) is 11.3. The number of nitrogens with one attached hydrogen (secondary N) is 1. The van der Waals surface area contributed by atoms with Gasteiger partial charge in [0, 0.05) is 23.2 Å². The van der Waals surface area contributed by atoms with Crippen molar-refractivity contribution < 1.29 is 13.2 Å². The zero-order valence-electron chi connectivity index (χ0n) is 14.4. The minimum absolute atomic E-state index is 0.182. The van der Waals surface area contributed by atoms with Crippen LogP contribution in [0.15, 0.2) is 12.3 Å². The fourth-order valence-electron chi connectivity index (χ4n) is 3.21. The van der Waals surface area contributed by atoms with Crippen LogP contribution < -0.4 is 9.46 Å². The maximum Gasteiger partial charge on any atom is 0.242 e. The second-order valence-electron chi connectivity index (χ2n) is 7.11. The normalized spacial score (nSPS) is 17.8. The fraction of sp³-hybridized carbons (Fsp3) is 0.625. The van der Waals surface area contributed by atoms with E-state index in [9.17, 15) is 8.42 Å². The lowest BCUT2D eigenvalue weighted by atomic mass is 9.76. The second-order valence-corrected chi connectivity index (χ2v) is 8.86. The summed E-state index contributed by atoms with van der Waals surface area (Å²) in [6.45, 7) is 4.90. The third-order valence-corrected chi connectivity index (χ3v) is 5.16. The molecular formula is C16H24N4O3S. The van der Waals surface area contributed by atoms with Gasteiger partial charge >= 0.3 is 0 Å². The van der Waals surface area contributed by atoms with Gasteiger partial charge in [-0.15, -0.1) is 10.2 Å². The summed E-state index contributed by atoms with van der Waals surface area (Å²) in [5, 5.41) is 7.92. The second kappa shape index (κ2) is 6.23. The first kappa shape index (κ1) is 17.0. The Bertz CT molecular complexity index is 838. The Morgan fingerprint density at radius 1 is 1.29 bits per heavy atom. The van der Waals surface area contributed by atoms with E-state index in [1.165, 1.54) is 32.1 Å². The highest BCUT2D eigenvalue weighted by Gasteiger charge is 2.28. The van der Waals surface area contributed by atoms with Gasteiger partial charge in [0.25, 0.3) is 0 Å². The molecule has 0 radical (unpaired) electrons. The highest BCUT2D eigenvalue weighted by atomic mass is 32.2. The number of sulfonamides is 1. The lowest BCUT2D eigenvalue weighted by molar-refractivity contribution is 0.115. The average Bonchev–Trinajstić information content (AvgIpc) is 2.86. The summed E-state index contributed by atoms with van der Waals surface area (Å²) in [6.07, 6.45) is 9.12. The van der Waals surface area contributed by atoms with Crippen LogP contribution in [-0.2, 0) is 10.0 Å². The molecule has 0 amide bonds. The summed E-state index contributed by atoms with van der Waals surface area (Å²) >= 11 is 0. The molecule has 2 aromatic heterocycles. The summed E-state index contributed by atoms with van der Waals surface area (Å²) in [6, 6.07) is 1.81. The minimum Gasteiger partial charge on any atom is -0.493 e. The Hall–Kier alpha value is -1.83. The first-order valence-corrected chi connectivity index (χ1v) is 10.1. The third-order valence-electron chi connectivity index (χ3n) is 4.61. The molecule has 1 aliphatic rings. The van der Waals surface area contributed by atoms with Gasteiger partial charge in [0.1, 0.15) is 5.75 Å². The van der Waals surface area contributed by atoms with Gasteiger partial charge in [0.05, 0.1) is 12.9 Å². The largest absolute Gasteiger partial charge is 0.493 e. The predicted octanol–water partition coefficient (Wildman–Crippen LogP) is 2.76. The number of hydrogen-bond acceptors (Lipinski definition) is 5. The first-order valence-electron chi connectivity index (χ1n) is 8.22. The Balaban J connectivity index is 1.81. The van der Waals surface area contributed by atoms with E-state index in [0.29, 0.717) is 12.3 Å². The number of hydrogen-bond donors (Lipinski definition) is 1. The van der Waals surface area contributed by atoms with E-state index in [1.54, 1.807) is 10.6 Å². The van der Waals surface area contributed by atoms with Gasteiger partial charge in [-0.3, -0.25) is 9.12 Å². The quantitative estimate of drug-likeness (QED) is 0.894. The van der Waals surface area contributed by atoms with Crippen LogP contribution >= 0.6 is 0 Å². The molecule has 1 aliphatic carbocycles. The highest BCUT2D eigenvalue weighted by molar-refractivity contribution is 7.91. The van der Waals surface area contributed by atoms with Crippen molar-refractivity contribution in [1.29, 1.82) is 0 Å².